The fourth-order valence-corrected chi connectivity index (χ4v) is 1.54. The van der Waals surface area contributed by atoms with Gasteiger partial charge in [0.25, 0.3) is 0 Å². The first-order valence-electron chi connectivity index (χ1n) is 4.70. The van der Waals surface area contributed by atoms with E-state index in [2.05, 4.69) is 6.07 Å². The number of hydrogen-bond acceptors (Lipinski definition) is 2. The first-order valence-corrected chi connectivity index (χ1v) is 4.70. The van der Waals surface area contributed by atoms with Crippen molar-refractivity contribution in [3.05, 3.63) is 35.4 Å². The molecule has 1 aliphatic rings. The zero-order valence-electron chi connectivity index (χ0n) is 7.48. The molecule has 1 aromatic rings. The van der Waals surface area contributed by atoms with Gasteiger partial charge in [0, 0.05) is 0 Å². The SMILES string of the molecule is OCC(O)c1cccc(C2CC2)c1. The summed E-state index contributed by atoms with van der Waals surface area (Å²) in [6.45, 7) is -0.200. The molecule has 0 spiro atoms. The van der Waals surface area contributed by atoms with Crippen LogP contribution in [0.2, 0.25) is 0 Å². The molecule has 0 aromatic heterocycles. The fourth-order valence-electron chi connectivity index (χ4n) is 1.54. The minimum absolute atomic E-state index is 0.200. The van der Waals surface area contributed by atoms with Crippen LogP contribution in [0.4, 0.5) is 0 Å². The van der Waals surface area contributed by atoms with Crippen molar-refractivity contribution >= 4 is 0 Å². The van der Waals surface area contributed by atoms with Gasteiger partial charge in [-0.05, 0) is 29.9 Å². The standard InChI is InChI=1S/C11H14O2/c12-7-11(13)10-3-1-2-9(6-10)8-4-5-8/h1-3,6,8,11-13H,4-5,7H2. The molecule has 2 heteroatoms. The molecule has 1 saturated carbocycles. The molecule has 2 rings (SSSR count). The first-order chi connectivity index (χ1) is 6.31. The van der Waals surface area contributed by atoms with Gasteiger partial charge in [-0.2, -0.15) is 0 Å². The van der Waals surface area contributed by atoms with Gasteiger partial charge in [0.15, 0.2) is 0 Å². The molecule has 0 radical (unpaired) electrons. The van der Waals surface area contributed by atoms with Crippen LogP contribution in [0.25, 0.3) is 0 Å². The van der Waals surface area contributed by atoms with Crippen LogP contribution in [0, 0.1) is 0 Å². The van der Waals surface area contributed by atoms with E-state index >= 15 is 0 Å². The highest BCUT2D eigenvalue weighted by Gasteiger charge is 2.23. The Kier molecular flexibility index (Phi) is 2.34. The molecular formula is C11H14O2. The van der Waals surface area contributed by atoms with Gasteiger partial charge in [-0.1, -0.05) is 24.3 Å². The van der Waals surface area contributed by atoms with E-state index in [9.17, 15) is 5.11 Å². The van der Waals surface area contributed by atoms with Crippen LogP contribution < -0.4 is 0 Å². The predicted molar refractivity (Wildman–Crippen MR) is 50.5 cm³/mol. The van der Waals surface area contributed by atoms with E-state index < -0.39 is 6.10 Å². The summed E-state index contributed by atoms with van der Waals surface area (Å²) >= 11 is 0. The maximum absolute atomic E-state index is 9.41. The van der Waals surface area contributed by atoms with E-state index in [1.54, 1.807) is 0 Å². The third-order valence-corrected chi connectivity index (χ3v) is 2.52. The molecule has 0 saturated heterocycles. The predicted octanol–water partition coefficient (Wildman–Crippen LogP) is 1.59. The normalized spacial score (nSPS) is 18.6. The second-order valence-corrected chi connectivity index (χ2v) is 3.64. The number of aliphatic hydroxyl groups is 2. The minimum atomic E-state index is -0.723. The van der Waals surface area contributed by atoms with Crippen LogP contribution in [0.15, 0.2) is 24.3 Å². The Bertz CT molecular complexity index is 292. The zero-order chi connectivity index (χ0) is 9.26. The third-order valence-electron chi connectivity index (χ3n) is 2.52. The minimum Gasteiger partial charge on any atom is -0.393 e. The Hall–Kier alpha value is -0.860. The lowest BCUT2D eigenvalue weighted by molar-refractivity contribution is 0.0955. The maximum Gasteiger partial charge on any atom is 0.102 e. The van der Waals surface area contributed by atoms with Gasteiger partial charge >= 0.3 is 0 Å². The first kappa shape index (κ1) is 8.73. The molecule has 13 heavy (non-hydrogen) atoms. The number of aliphatic hydroxyl groups excluding tert-OH is 2. The van der Waals surface area contributed by atoms with Crippen LogP contribution in [0.1, 0.15) is 36.0 Å². The molecule has 0 heterocycles. The highest BCUT2D eigenvalue weighted by atomic mass is 16.3. The van der Waals surface area contributed by atoms with Gasteiger partial charge in [-0.25, -0.2) is 0 Å². The fraction of sp³-hybridized carbons (Fsp3) is 0.455. The topological polar surface area (TPSA) is 40.5 Å². The molecule has 0 amide bonds. The van der Waals surface area contributed by atoms with Gasteiger partial charge in [0.05, 0.1) is 6.61 Å². The van der Waals surface area contributed by atoms with E-state index in [4.69, 9.17) is 5.11 Å². The van der Waals surface area contributed by atoms with Gasteiger partial charge < -0.3 is 10.2 Å². The Balaban J connectivity index is 2.21. The molecule has 1 atom stereocenters. The van der Waals surface area contributed by atoms with Gasteiger partial charge in [0.1, 0.15) is 6.10 Å². The largest absolute Gasteiger partial charge is 0.393 e. The van der Waals surface area contributed by atoms with Crippen molar-refractivity contribution in [2.75, 3.05) is 6.61 Å². The molecule has 1 aliphatic carbocycles. The van der Waals surface area contributed by atoms with Crippen molar-refractivity contribution in [1.82, 2.24) is 0 Å². The molecule has 0 aliphatic heterocycles. The van der Waals surface area contributed by atoms with Gasteiger partial charge in [-0.3, -0.25) is 0 Å². The lowest BCUT2D eigenvalue weighted by Gasteiger charge is -2.08. The lowest BCUT2D eigenvalue weighted by atomic mass is 10.0. The number of hydrogen-bond donors (Lipinski definition) is 2. The summed E-state index contributed by atoms with van der Waals surface area (Å²) in [7, 11) is 0. The van der Waals surface area contributed by atoms with Crippen molar-refractivity contribution in [3.8, 4) is 0 Å². The molecule has 70 valence electrons. The Morgan fingerprint density at radius 1 is 1.38 bits per heavy atom. The second-order valence-electron chi connectivity index (χ2n) is 3.64. The highest BCUT2D eigenvalue weighted by Crippen LogP contribution is 2.40. The van der Waals surface area contributed by atoms with E-state index in [-0.39, 0.29) is 6.61 Å². The Morgan fingerprint density at radius 2 is 2.15 bits per heavy atom. The monoisotopic (exact) mass is 178 g/mol. The molecule has 1 aromatic carbocycles. The third kappa shape index (κ3) is 1.90. The average molecular weight is 178 g/mol. The second kappa shape index (κ2) is 3.48. The summed E-state index contributed by atoms with van der Waals surface area (Å²) in [6.07, 6.45) is 1.80. The quantitative estimate of drug-likeness (QED) is 0.738. The van der Waals surface area contributed by atoms with E-state index in [0.717, 1.165) is 5.56 Å². The van der Waals surface area contributed by atoms with Crippen molar-refractivity contribution in [3.63, 3.8) is 0 Å². The van der Waals surface area contributed by atoms with Crippen molar-refractivity contribution < 1.29 is 10.2 Å². The summed E-state index contributed by atoms with van der Waals surface area (Å²) < 4.78 is 0. The molecule has 2 N–H and O–H groups in total. The lowest BCUT2D eigenvalue weighted by Crippen LogP contribution is -2.02. The summed E-state index contributed by atoms with van der Waals surface area (Å²) in [5.74, 6) is 0.700. The van der Waals surface area contributed by atoms with Crippen LogP contribution in [-0.2, 0) is 0 Å². The average Bonchev–Trinajstić information content (AvgIpc) is 3.00. The van der Waals surface area contributed by atoms with Crippen LogP contribution in [0.5, 0.6) is 0 Å². The van der Waals surface area contributed by atoms with Crippen molar-refractivity contribution in [2.45, 2.75) is 24.9 Å². The van der Waals surface area contributed by atoms with Crippen molar-refractivity contribution in [1.29, 1.82) is 0 Å². The van der Waals surface area contributed by atoms with Crippen LogP contribution in [0.3, 0.4) is 0 Å². The van der Waals surface area contributed by atoms with E-state index in [0.29, 0.717) is 5.92 Å². The van der Waals surface area contributed by atoms with E-state index in [1.165, 1.54) is 18.4 Å². The van der Waals surface area contributed by atoms with E-state index in [1.807, 2.05) is 18.2 Å². The maximum atomic E-state index is 9.41. The van der Waals surface area contributed by atoms with Crippen LogP contribution >= 0.6 is 0 Å². The van der Waals surface area contributed by atoms with Crippen molar-refractivity contribution in [2.24, 2.45) is 0 Å². The number of rotatable bonds is 3. The molecule has 2 nitrogen and oxygen atoms in total. The van der Waals surface area contributed by atoms with Gasteiger partial charge in [-0.15, -0.1) is 0 Å². The summed E-state index contributed by atoms with van der Waals surface area (Å²) in [6, 6.07) is 7.89. The molecule has 0 bridgehead atoms. The van der Waals surface area contributed by atoms with Gasteiger partial charge in [0.2, 0.25) is 0 Å². The summed E-state index contributed by atoms with van der Waals surface area (Å²) in [4.78, 5) is 0. The zero-order valence-corrected chi connectivity index (χ0v) is 7.48. The smallest absolute Gasteiger partial charge is 0.102 e. The number of benzene rings is 1. The summed E-state index contributed by atoms with van der Waals surface area (Å²) in [5, 5.41) is 18.2. The Morgan fingerprint density at radius 3 is 2.77 bits per heavy atom. The molecule has 1 fully saturated rings. The Labute approximate surface area is 77.8 Å². The highest BCUT2D eigenvalue weighted by molar-refractivity contribution is 5.30. The molecular weight excluding hydrogens is 164 g/mol. The summed E-state index contributed by atoms with van der Waals surface area (Å²) in [5.41, 5.74) is 2.12. The molecule has 1 unspecified atom stereocenters. The van der Waals surface area contributed by atoms with Crippen LogP contribution in [-0.4, -0.2) is 16.8 Å².